The summed E-state index contributed by atoms with van der Waals surface area (Å²) in [6.07, 6.45) is 0. The van der Waals surface area contributed by atoms with Crippen molar-refractivity contribution in [2.75, 3.05) is 0 Å². The van der Waals surface area contributed by atoms with Gasteiger partial charge in [-0.25, -0.2) is 19.9 Å². The first kappa shape index (κ1) is 28.5. The molecule has 0 radical (unpaired) electrons. The summed E-state index contributed by atoms with van der Waals surface area (Å²) in [6, 6.07) is 54.1. The summed E-state index contributed by atoms with van der Waals surface area (Å²) < 4.78 is 8.98. The Balaban J connectivity index is 1.22. The second kappa shape index (κ2) is 11.6. The lowest BCUT2D eigenvalue weighted by atomic mass is 10.0. The first-order valence-corrected chi connectivity index (χ1v) is 17.3. The van der Waals surface area contributed by atoms with Crippen LogP contribution in [0.3, 0.4) is 0 Å². The number of oxazole rings is 1. The van der Waals surface area contributed by atoms with Crippen LogP contribution in [0.4, 0.5) is 0 Å². The van der Waals surface area contributed by atoms with Crippen LogP contribution in [0.25, 0.3) is 98.8 Å². The average molecular weight is 659 g/mol. The molecular weight excluding hydrogens is 633 g/mol. The molecule has 0 saturated carbocycles. The van der Waals surface area contributed by atoms with Crippen molar-refractivity contribution in [1.82, 2.24) is 19.9 Å². The van der Waals surface area contributed by atoms with E-state index in [0.29, 0.717) is 28.9 Å². The molecule has 0 aliphatic carbocycles. The Morgan fingerprint density at radius 3 is 1.78 bits per heavy atom. The van der Waals surface area contributed by atoms with E-state index in [1.54, 1.807) is 11.3 Å². The molecule has 10 aromatic rings. The highest BCUT2D eigenvalue weighted by molar-refractivity contribution is 7.26. The van der Waals surface area contributed by atoms with Crippen molar-refractivity contribution < 1.29 is 4.42 Å². The number of hydrogen-bond acceptors (Lipinski definition) is 6. The van der Waals surface area contributed by atoms with E-state index in [1.807, 2.05) is 42.5 Å². The molecule has 0 aliphatic heterocycles. The molecule has 50 heavy (non-hydrogen) atoms. The molecule has 7 aromatic carbocycles. The molecule has 0 aliphatic rings. The van der Waals surface area contributed by atoms with Gasteiger partial charge in [0.15, 0.2) is 23.1 Å². The molecule has 0 spiro atoms. The van der Waals surface area contributed by atoms with Gasteiger partial charge in [0.25, 0.3) is 0 Å². The molecule has 6 heteroatoms. The van der Waals surface area contributed by atoms with Crippen LogP contribution in [0.2, 0.25) is 0 Å². The van der Waals surface area contributed by atoms with Crippen LogP contribution in [0.5, 0.6) is 0 Å². The van der Waals surface area contributed by atoms with Crippen LogP contribution in [-0.4, -0.2) is 19.9 Å². The number of fused-ring (bicyclic) bond motifs is 5. The van der Waals surface area contributed by atoms with Crippen molar-refractivity contribution in [3.8, 4) is 56.7 Å². The first-order chi connectivity index (χ1) is 24.7. The fraction of sp³-hybridized carbons (Fsp3) is 0. The quantitative estimate of drug-likeness (QED) is 0.184. The molecule has 3 heterocycles. The monoisotopic (exact) mass is 658 g/mol. The molecule has 0 unspecified atom stereocenters. The van der Waals surface area contributed by atoms with Crippen molar-refractivity contribution in [3.63, 3.8) is 0 Å². The Bertz CT molecular complexity index is 2860. The first-order valence-electron chi connectivity index (χ1n) is 16.5. The van der Waals surface area contributed by atoms with E-state index >= 15 is 0 Å². The summed E-state index contributed by atoms with van der Waals surface area (Å²) in [5.41, 5.74) is 7.25. The standard InChI is InChI=1S/C44H26N4OS/c1-3-11-27(12-4-1)29-19-22-31(23-20-29)42-46-41(30-14-5-2-6-15-30)47-43(48-42)38-39-36(26-35-34-17-9-10-18-37(34)50-40(35)38)45-44(49-39)33-24-21-28-13-7-8-16-32(28)25-33/h1-26H. The summed E-state index contributed by atoms with van der Waals surface area (Å²) in [4.78, 5) is 20.4. The Labute approximate surface area is 291 Å². The lowest BCUT2D eigenvalue weighted by Gasteiger charge is -2.10. The van der Waals surface area contributed by atoms with Crippen LogP contribution in [0, 0.1) is 0 Å². The molecular formula is C44H26N4OS. The molecule has 0 amide bonds. The van der Waals surface area contributed by atoms with Crippen LogP contribution in [-0.2, 0) is 0 Å². The number of aromatic nitrogens is 4. The van der Waals surface area contributed by atoms with Gasteiger partial charge < -0.3 is 4.42 Å². The smallest absolute Gasteiger partial charge is 0.227 e. The van der Waals surface area contributed by atoms with Gasteiger partial charge in [-0.15, -0.1) is 11.3 Å². The minimum atomic E-state index is 0.546. The van der Waals surface area contributed by atoms with Gasteiger partial charge in [0.05, 0.1) is 10.3 Å². The topological polar surface area (TPSA) is 64.7 Å². The summed E-state index contributed by atoms with van der Waals surface area (Å²) in [7, 11) is 0. The fourth-order valence-corrected chi connectivity index (χ4v) is 7.89. The van der Waals surface area contributed by atoms with Gasteiger partial charge in [0.1, 0.15) is 5.52 Å². The van der Waals surface area contributed by atoms with Gasteiger partial charge in [-0.1, -0.05) is 133 Å². The zero-order valence-corrected chi connectivity index (χ0v) is 27.4. The third kappa shape index (κ3) is 4.85. The zero-order valence-electron chi connectivity index (χ0n) is 26.6. The molecule has 10 rings (SSSR count). The molecule has 0 N–H and O–H groups in total. The normalized spacial score (nSPS) is 11.6. The average Bonchev–Trinajstić information content (AvgIpc) is 3.79. The van der Waals surface area contributed by atoms with E-state index in [-0.39, 0.29) is 0 Å². The minimum absolute atomic E-state index is 0.546. The van der Waals surface area contributed by atoms with E-state index in [4.69, 9.17) is 24.4 Å². The van der Waals surface area contributed by atoms with Crippen molar-refractivity contribution >= 4 is 53.4 Å². The molecule has 0 bridgehead atoms. The van der Waals surface area contributed by atoms with E-state index in [9.17, 15) is 0 Å². The largest absolute Gasteiger partial charge is 0.435 e. The van der Waals surface area contributed by atoms with Crippen molar-refractivity contribution in [2.24, 2.45) is 0 Å². The fourth-order valence-electron chi connectivity index (χ4n) is 6.67. The number of rotatable bonds is 5. The van der Waals surface area contributed by atoms with Crippen LogP contribution < -0.4 is 0 Å². The third-order valence-electron chi connectivity index (χ3n) is 9.16. The number of nitrogens with zero attached hydrogens (tertiary/aromatic N) is 4. The third-order valence-corrected chi connectivity index (χ3v) is 10.4. The predicted molar refractivity (Wildman–Crippen MR) is 205 cm³/mol. The highest BCUT2D eigenvalue weighted by Crippen LogP contribution is 2.45. The summed E-state index contributed by atoms with van der Waals surface area (Å²) in [5, 5.41) is 4.57. The molecule has 5 nitrogen and oxygen atoms in total. The number of benzene rings is 7. The van der Waals surface area contributed by atoms with Crippen molar-refractivity contribution in [3.05, 3.63) is 158 Å². The van der Waals surface area contributed by atoms with E-state index < -0.39 is 0 Å². The van der Waals surface area contributed by atoms with E-state index in [0.717, 1.165) is 54.4 Å². The Kier molecular flexibility index (Phi) is 6.60. The minimum Gasteiger partial charge on any atom is -0.435 e. The van der Waals surface area contributed by atoms with E-state index in [2.05, 4.69) is 115 Å². The lowest BCUT2D eigenvalue weighted by molar-refractivity contribution is 0.621. The van der Waals surface area contributed by atoms with Gasteiger partial charge in [0, 0.05) is 32.2 Å². The highest BCUT2D eigenvalue weighted by Gasteiger charge is 2.24. The Hall–Kier alpha value is -6.50. The second-order valence-electron chi connectivity index (χ2n) is 12.3. The van der Waals surface area contributed by atoms with Gasteiger partial charge in [-0.3, -0.25) is 0 Å². The van der Waals surface area contributed by atoms with Crippen LogP contribution in [0.15, 0.2) is 162 Å². The predicted octanol–water partition coefficient (Wildman–Crippen LogP) is 11.9. The molecule has 0 saturated heterocycles. The molecule has 234 valence electrons. The number of hydrogen-bond donors (Lipinski definition) is 0. The highest BCUT2D eigenvalue weighted by atomic mass is 32.1. The van der Waals surface area contributed by atoms with Crippen molar-refractivity contribution in [2.45, 2.75) is 0 Å². The van der Waals surface area contributed by atoms with Gasteiger partial charge in [0.2, 0.25) is 5.89 Å². The maximum atomic E-state index is 6.74. The maximum absolute atomic E-state index is 6.74. The van der Waals surface area contributed by atoms with Gasteiger partial charge in [-0.05, 0) is 46.2 Å². The van der Waals surface area contributed by atoms with Gasteiger partial charge in [-0.2, -0.15) is 0 Å². The lowest BCUT2D eigenvalue weighted by Crippen LogP contribution is -2.00. The van der Waals surface area contributed by atoms with Crippen molar-refractivity contribution in [1.29, 1.82) is 0 Å². The second-order valence-corrected chi connectivity index (χ2v) is 13.3. The van der Waals surface area contributed by atoms with Gasteiger partial charge >= 0.3 is 0 Å². The van der Waals surface area contributed by atoms with Crippen LogP contribution >= 0.6 is 11.3 Å². The number of thiophene rings is 1. The molecule has 0 atom stereocenters. The maximum Gasteiger partial charge on any atom is 0.227 e. The van der Waals surface area contributed by atoms with E-state index in [1.165, 1.54) is 15.5 Å². The molecule has 3 aromatic heterocycles. The summed E-state index contributed by atoms with van der Waals surface area (Å²) >= 11 is 1.72. The summed E-state index contributed by atoms with van der Waals surface area (Å²) in [5.74, 6) is 2.29. The molecule has 0 fully saturated rings. The Morgan fingerprint density at radius 1 is 0.420 bits per heavy atom. The summed E-state index contributed by atoms with van der Waals surface area (Å²) in [6.45, 7) is 0. The Morgan fingerprint density at radius 2 is 1.00 bits per heavy atom. The van der Waals surface area contributed by atoms with Crippen LogP contribution in [0.1, 0.15) is 0 Å². The zero-order chi connectivity index (χ0) is 33.0. The SMILES string of the molecule is c1ccc(-c2ccc(-c3nc(-c4ccccc4)nc(-c4c5oc(-c6ccc7ccccc7c6)nc5cc5c4sc4ccccc45)n3)cc2)cc1.